The number of nitrogens with one attached hydrogen (secondary N) is 1. The van der Waals surface area contributed by atoms with Gasteiger partial charge in [0.05, 0.1) is 23.4 Å². The molecule has 0 bridgehead atoms. The van der Waals surface area contributed by atoms with Crippen molar-refractivity contribution >= 4 is 28.1 Å². The van der Waals surface area contributed by atoms with Crippen molar-refractivity contribution in [2.45, 2.75) is 25.4 Å². The molecule has 0 aliphatic carbocycles. The Balaban J connectivity index is 1.29. The molecule has 0 saturated carbocycles. The van der Waals surface area contributed by atoms with Gasteiger partial charge in [-0.25, -0.2) is 4.98 Å². The van der Waals surface area contributed by atoms with Gasteiger partial charge in [-0.05, 0) is 66.9 Å². The SMILES string of the molecule is N#Cc1ccc(N2CCCC2c2csc(NC(=O)c3cccn3Cc3ccncc3)n2)cc1. The molecule has 8 heteroatoms. The fourth-order valence-electron chi connectivity index (χ4n) is 4.21. The highest BCUT2D eigenvalue weighted by Crippen LogP contribution is 2.37. The van der Waals surface area contributed by atoms with Crippen molar-refractivity contribution in [2.75, 3.05) is 16.8 Å². The number of thiazole rings is 1. The monoisotopic (exact) mass is 454 g/mol. The van der Waals surface area contributed by atoms with Gasteiger partial charge in [-0.3, -0.25) is 15.1 Å². The Kier molecular flexibility index (Phi) is 5.87. The van der Waals surface area contributed by atoms with Crippen LogP contribution < -0.4 is 10.2 Å². The number of rotatable bonds is 6. The fourth-order valence-corrected chi connectivity index (χ4v) is 4.96. The van der Waals surface area contributed by atoms with Crippen LogP contribution in [-0.2, 0) is 6.54 Å². The number of hydrogen-bond acceptors (Lipinski definition) is 6. The molecule has 5 rings (SSSR count). The van der Waals surface area contributed by atoms with Crippen LogP contribution in [0.1, 0.15) is 46.2 Å². The van der Waals surface area contributed by atoms with Crippen LogP contribution in [0.2, 0.25) is 0 Å². The third-order valence-corrected chi connectivity index (χ3v) is 6.61. The number of nitriles is 1. The van der Waals surface area contributed by atoms with E-state index in [1.54, 1.807) is 12.4 Å². The lowest BCUT2D eigenvalue weighted by atomic mass is 10.1. The highest BCUT2D eigenvalue weighted by Gasteiger charge is 2.28. The molecular formula is C25H22N6OS. The van der Waals surface area contributed by atoms with E-state index in [0.717, 1.165) is 36.3 Å². The smallest absolute Gasteiger partial charge is 0.274 e. The molecule has 0 spiro atoms. The van der Waals surface area contributed by atoms with E-state index in [-0.39, 0.29) is 11.9 Å². The van der Waals surface area contributed by atoms with Crippen molar-refractivity contribution in [1.29, 1.82) is 5.26 Å². The molecule has 0 radical (unpaired) electrons. The zero-order valence-corrected chi connectivity index (χ0v) is 18.7. The minimum absolute atomic E-state index is 0.162. The van der Waals surface area contributed by atoms with E-state index in [0.29, 0.717) is 22.9 Å². The van der Waals surface area contributed by atoms with Crippen LogP contribution in [-0.4, -0.2) is 27.0 Å². The maximum Gasteiger partial charge on any atom is 0.274 e. The second-order valence-corrected chi connectivity index (χ2v) is 8.78. The summed E-state index contributed by atoms with van der Waals surface area (Å²) in [6.07, 6.45) is 7.48. The van der Waals surface area contributed by atoms with Gasteiger partial charge in [0.2, 0.25) is 0 Å². The summed E-state index contributed by atoms with van der Waals surface area (Å²) in [5.74, 6) is -0.176. The van der Waals surface area contributed by atoms with Crippen molar-refractivity contribution in [3.8, 4) is 6.07 Å². The molecule has 1 atom stereocenters. The molecule has 164 valence electrons. The standard InChI is InChI=1S/C25H22N6OS/c26-15-18-5-7-20(8-6-18)31-14-2-3-22(31)21-17-33-25(28-21)29-24(32)23-4-1-13-30(23)16-19-9-11-27-12-10-19/h1,4-13,17,22H,2-3,14,16H2,(H,28,29,32). The summed E-state index contributed by atoms with van der Waals surface area (Å²) in [6.45, 7) is 1.54. The van der Waals surface area contributed by atoms with Crippen molar-refractivity contribution in [1.82, 2.24) is 14.5 Å². The predicted molar refractivity (Wildman–Crippen MR) is 128 cm³/mol. The number of nitrogens with zero attached hydrogens (tertiary/aromatic N) is 5. The van der Waals surface area contributed by atoms with Crippen molar-refractivity contribution in [3.05, 3.63) is 95.0 Å². The number of carbonyl (C=O) groups is 1. The number of pyridine rings is 1. The number of carbonyl (C=O) groups excluding carboxylic acids is 1. The van der Waals surface area contributed by atoms with Gasteiger partial charge in [0.15, 0.2) is 5.13 Å². The molecule has 3 aromatic heterocycles. The van der Waals surface area contributed by atoms with Gasteiger partial charge in [0, 0.05) is 42.7 Å². The van der Waals surface area contributed by atoms with Crippen LogP contribution in [0.25, 0.3) is 0 Å². The van der Waals surface area contributed by atoms with Crippen LogP contribution in [0.3, 0.4) is 0 Å². The van der Waals surface area contributed by atoms with Crippen molar-refractivity contribution in [3.63, 3.8) is 0 Å². The first kappa shape index (κ1) is 20.9. The summed E-state index contributed by atoms with van der Waals surface area (Å²) in [5, 5.41) is 14.6. The quantitative estimate of drug-likeness (QED) is 0.450. The van der Waals surface area contributed by atoms with E-state index < -0.39 is 0 Å². The van der Waals surface area contributed by atoms with E-state index in [9.17, 15) is 4.79 Å². The third-order valence-electron chi connectivity index (χ3n) is 5.83. The van der Waals surface area contributed by atoms with E-state index in [2.05, 4.69) is 21.3 Å². The average molecular weight is 455 g/mol. The molecule has 1 amide bonds. The van der Waals surface area contributed by atoms with Crippen LogP contribution in [0.4, 0.5) is 10.8 Å². The van der Waals surface area contributed by atoms with E-state index in [1.165, 1.54) is 11.3 Å². The second-order valence-electron chi connectivity index (χ2n) is 7.92. The van der Waals surface area contributed by atoms with Gasteiger partial charge in [-0.15, -0.1) is 11.3 Å². The summed E-state index contributed by atoms with van der Waals surface area (Å²) in [4.78, 5) is 24.1. The van der Waals surface area contributed by atoms with E-state index >= 15 is 0 Å². The summed E-state index contributed by atoms with van der Waals surface area (Å²) in [7, 11) is 0. The highest BCUT2D eigenvalue weighted by atomic mass is 32.1. The molecule has 1 aromatic carbocycles. The third kappa shape index (κ3) is 4.49. The number of benzene rings is 1. The van der Waals surface area contributed by atoms with Gasteiger partial charge in [0.1, 0.15) is 5.69 Å². The minimum Gasteiger partial charge on any atom is -0.363 e. The number of anilines is 2. The van der Waals surface area contributed by atoms with Crippen LogP contribution >= 0.6 is 11.3 Å². The Labute approximate surface area is 196 Å². The predicted octanol–water partition coefficient (Wildman–Crippen LogP) is 4.85. The Hall–Kier alpha value is -3.96. The Morgan fingerprint density at radius 3 is 2.79 bits per heavy atom. The lowest BCUT2D eigenvalue weighted by Crippen LogP contribution is -2.23. The lowest BCUT2D eigenvalue weighted by Gasteiger charge is -2.25. The molecule has 7 nitrogen and oxygen atoms in total. The molecule has 1 N–H and O–H groups in total. The average Bonchev–Trinajstić information content (AvgIpc) is 3.60. The Morgan fingerprint density at radius 2 is 2.00 bits per heavy atom. The van der Waals surface area contributed by atoms with E-state index in [1.807, 2.05) is 64.7 Å². The first-order valence-electron chi connectivity index (χ1n) is 10.8. The van der Waals surface area contributed by atoms with Crippen molar-refractivity contribution < 1.29 is 4.79 Å². The number of amides is 1. The second kappa shape index (κ2) is 9.27. The largest absolute Gasteiger partial charge is 0.363 e. The summed E-state index contributed by atoms with van der Waals surface area (Å²) in [5.41, 5.74) is 4.37. The van der Waals surface area contributed by atoms with Gasteiger partial charge >= 0.3 is 0 Å². The van der Waals surface area contributed by atoms with E-state index in [4.69, 9.17) is 10.2 Å². The fraction of sp³-hybridized carbons (Fsp3) is 0.200. The Bertz CT molecular complexity index is 1290. The van der Waals surface area contributed by atoms with Gasteiger partial charge in [-0.1, -0.05) is 0 Å². The zero-order chi connectivity index (χ0) is 22.6. The molecular weight excluding hydrogens is 432 g/mol. The number of aromatic nitrogens is 3. The Morgan fingerprint density at radius 1 is 1.18 bits per heavy atom. The molecule has 1 fully saturated rings. The molecule has 33 heavy (non-hydrogen) atoms. The summed E-state index contributed by atoms with van der Waals surface area (Å²) < 4.78 is 1.92. The molecule has 1 aliphatic rings. The molecule has 1 saturated heterocycles. The number of hydrogen-bond donors (Lipinski definition) is 1. The maximum absolute atomic E-state index is 12.9. The molecule has 4 heterocycles. The minimum atomic E-state index is -0.176. The maximum atomic E-state index is 12.9. The highest BCUT2D eigenvalue weighted by molar-refractivity contribution is 7.14. The topological polar surface area (TPSA) is 86.8 Å². The summed E-state index contributed by atoms with van der Waals surface area (Å²) >= 11 is 1.44. The van der Waals surface area contributed by atoms with Gasteiger partial charge in [0.25, 0.3) is 5.91 Å². The summed E-state index contributed by atoms with van der Waals surface area (Å²) in [6, 6.07) is 17.6. The van der Waals surface area contributed by atoms with Crippen LogP contribution in [0.15, 0.2) is 72.5 Å². The first-order chi connectivity index (χ1) is 16.2. The van der Waals surface area contributed by atoms with Gasteiger partial charge in [-0.2, -0.15) is 5.26 Å². The van der Waals surface area contributed by atoms with Crippen molar-refractivity contribution in [2.24, 2.45) is 0 Å². The van der Waals surface area contributed by atoms with Crippen LogP contribution in [0.5, 0.6) is 0 Å². The van der Waals surface area contributed by atoms with Gasteiger partial charge < -0.3 is 9.47 Å². The molecule has 1 aliphatic heterocycles. The molecule has 1 unspecified atom stereocenters. The first-order valence-corrected chi connectivity index (χ1v) is 11.7. The normalized spacial score (nSPS) is 15.4. The molecule has 4 aromatic rings. The zero-order valence-electron chi connectivity index (χ0n) is 17.9. The van der Waals surface area contributed by atoms with Crippen LogP contribution in [0, 0.1) is 11.3 Å². The lowest BCUT2D eigenvalue weighted by molar-refractivity contribution is 0.101.